The molecular formula is C25H42O3S. The van der Waals surface area contributed by atoms with Gasteiger partial charge >= 0.3 is 5.97 Å². The lowest BCUT2D eigenvalue weighted by molar-refractivity contribution is 0.0693. The summed E-state index contributed by atoms with van der Waals surface area (Å²) in [6.07, 6.45) is 8.73. The monoisotopic (exact) mass is 422 g/mol. The van der Waals surface area contributed by atoms with Crippen LogP contribution in [0, 0.1) is 0 Å². The van der Waals surface area contributed by atoms with E-state index in [-0.39, 0.29) is 22.1 Å². The van der Waals surface area contributed by atoms with Crippen molar-refractivity contribution in [3.05, 3.63) is 28.3 Å². The number of benzene rings is 1. The van der Waals surface area contributed by atoms with E-state index in [1.807, 2.05) is 32.5 Å². The first-order valence-corrected chi connectivity index (χ1v) is 12.3. The molecule has 0 fully saturated rings. The molecule has 0 unspecified atom stereocenters. The molecule has 1 aromatic rings. The fourth-order valence-electron chi connectivity index (χ4n) is 3.87. The van der Waals surface area contributed by atoms with Crippen molar-refractivity contribution in [2.24, 2.45) is 0 Å². The number of hydrogen-bond acceptors (Lipinski definition) is 3. The van der Waals surface area contributed by atoms with Gasteiger partial charge < -0.3 is 10.2 Å². The van der Waals surface area contributed by atoms with E-state index in [1.165, 1.54) is 44.3 Å². The van der Waals surface area contributed by atoms with Crippen molar-refractivity contribution < 1.29 is 15.0 Å². The van der Waals surface area contributed by atoms with Crippen LogP contribution in [0.2, 0.25) is 0 Å². The largest absolute Gasteiger partial charge is 0.507 e. The minimum absolute atomic E-state index is 0.0170. The molecule has 0 spiro atoms. The lowest BCUT2D eigenvalue weighted by Gasteiger charge is -2.31. The molecule has 0 aromatic heterocycles. The predicted molar refractivity (Wildman–Crippen MR) is 127 cm³/mol. The Morgan fingerprint density at radius 2 is 1.52 bits per heavy atom. The number of carbonyl (C=O) groups is 1. The smallest absolute Gasteiger partial charge is 0.339 e. The third-order valence-corrected chi connectivity index (χ3v) is 6.40. The van der Waals surface area contributed by atoms with Crippen molar-refractivity contribution >= 4 is 17.7 Å². The SMILES string of the molecule is CCCCCCCCSCCc1c(C(C)(C)C)cc(C(=O)O)c(O)c1C(C)(C)C. The van der Waals surface area contributed by atoms with E-state index in [9.17, 15) is 15.0 Å². The van der Waals surface area contributed by atoms with Gasteiger partial charge in [0, 0.05) is 5.56 Å². The molecule has 0 aliphatic carbocycles. The molecule has 166 valence electrons. The Kier molecular flexibility index (Phi) is 10.1. The average molecular weight is 423 g/mol. The molecule has 0 aliphatic rings. The van der Waals surface area contributed by atoms with Gasteiger partial charge in [0.2, 0.25) is 0 Å². The van der Waals surface area contributed by atoms with E-state index in [4.69, 9.17) is 0 Å². The van der Waals surface area contributed by atoms with E-state index < -0.39 is 5.97 Å². The quantitative estimate of drug-likeness (QED) is 0.367. The highest BCUT2D eigenvalue weighted by Crippen LogP contribution is 2.42. The Morgan fingerprint density at radius 1 is 0.931 bits per heavy atom. The number of unbranched alkanes of at least 4 members (excludes halogenated alkanes) is 5. The number of aromatic hydroxyl groups is 1. The molecule has 4 heteroatoms. The van der Waals surface area contributed by atoms with Gasteiger partial charge in [0.25, 0.3) is 0 Å². The maximum atomic E-state index is 11.8. The van der Waals surface area contributed by atoms with Crippen molar-refractivity contribution in [3.8, 4) is 5.75 Å². The Labute approximate surface area is 182 Å². The number of aromatic carboxylic acids is 1. The van der Waals surface area contributed by atoms with Crippen LogP contribution < -0.4 is 0 Å². The summed E-state index contributed by atoms with van der Waals surface area (Å²) in [5.74, 6) is 1.03. The van der Waals surface area contributed by atoms with Gasteiger partial charge in [0.1, 0.15) is 11.3 Å². The van der Waals surface area contributed by atoms with Crippen molar-refractivity contribution in [1.29, 1.82) is 0 Å². The molecule has 3 nitrogen and oxygen atoms in total. The zero-order valence-corrected chi connectivity index (χ0v) is 20.5. The van der Waals surface area contributed by atoms with Crippen molar-refractivity contribution in [2.45, 2.75) is 104 Å². The first-order chi connectivity index (χ1) is 13.4. The molecule has 0 bridgehead atoms. The van der Waals surface area contributed by atoms with Crippen LogP contribution in [0.1, 0.15) is 114 Å². The molecular weight excluding hydrogens is 380 g/mol. The van der Waals surface area contributed by atoms with Gasteiger partial charge in [0.15, 0.2) is 0 Å². The third kappa shape index (κ3) is 7.88. The molecule has 0 heterocycles. The van der Waals surface area contributed by atoms with Gasteiger partial charge in [-0.05, 0) is 52.4 Å². The normalized spacial score (nSPS) is 12.4. The summed E-state index contributed by atoms with van der Waals surface area (Å²) in [6, 6.07) is 1.70. The van der Waals surface area contributed by atoms with Gasteiger partial charge in [-0.3, -0.25) is 0 Å². The van der Waals surface area contributed by atoms with Gasteiger partial charge in [-0.2, -0.15) is 11.8 Å². The highest BCUT2D eigenvalue weighted by atomic mass is 32.2. The maximum Gasteiger partial charge on any atom is 0.339 e. The topological polar surface area (TPSA) is 57.5 Å². The summed E-state index contributed by atoms with van der Waals surface area (Å²) in [6.45, 7) is 14.7. The van der Waals surface area contributed by atoms with Crippen LogP contribution in [-0.2, 0) is 17.3 Å². The first kappa shape index (κ1) is 25.9. The number of hydrogen-bond donors (Lipinski definition) is 2. The van der Waals surface area contributed by atoms with E-state index in [0.717, 1.165) is 28.9 Å². The summed E-state index contributed by atoms with van der Waals surface area (Å²) in [7, 11) is 0. The lowest BCUT2D eigenvalue weighted by Crippen LogP contribution is -2.23. The summed E-state index contributed by atoms with van der Waals surface area (Å²) in [4.78, 5) is 11.8. The molecule has 0 atom stereocenters. The van der Waals surface area contributed by atoms with Crippen molar-refractivity contribution in [3.63, 3.8) is 0 Å². The van der Waals surface area contributed by atoms with Gasteiger partial charge in [0.05, 0.1) is 0 Å². The minimum atomic E-state index is -1.07. The van der Waals surface area contributed by atoms with Gasteiger partial charge in [-0.15, -0.1) is 0 Å². The predicted octanol–water partition coefficient (Wildman–Crippen LogP) is 7.32. The lowest BCUT2D eigenvalue weighted by atomic mass is 9.74. The van der Waals surface area contributed by atoms with E-state index in [1.54, 1.807) is 6.07 Å². The van der Waals surface area contributed by atoms with Crippen LogP contribution in [0.25, 0.3) is 0 Å². The summed E-state index contributed by atoms with van der Waals surface area (Å²) in [5, 5.41) is 20.4. The number of rotatable bonds is 11. The maximum absolute atomic E-state index is 11.8. The summed E-state index contributed by atoms with van der Waals surface area (Å²) < 4.78 is 0. The van der Waals surface area contributed by atoms with Gasteiger partial charge in [-0.25, -0.2) is 4.79 Å². The number of thioether (sulfide) groups is 1. The fraction of sp³-hybridized carbons (Fsp3) is 0.720. The molecule has 0 radical (unpaired) electrons. The summed E-state index contributed by atoms with van der Waals surface area (Å²) in [5.41, 5.74) is 2.47. The standard InChI is InChI=1S/C25H42O3S/c1-8-9-10-11-12-13-15-29-16-14-18-20(24(2,3)4)17-19(23(27)28)22(26)21(18)25(5,6)7/h17,26H,8-16H2,1-7H3,(H,27,28). The second kappa shape index (κ2) is 11.3. The first-order valence-electron chi connectivity index (χ1n) is 11.1. The van der Waals surface area contributed by atoms with Gasteiger partial charge in [-0.1, -0.05) is 80.6 Å². The number of phenols is 1. The summed E-state index contributed by atoms with van der Waals surface area (Å²) >= 11 is 1.97. The molecule has 2 N–H and O–H groups in total. The van der Waals surface area contributed by atoms with E-state index >= 15 is 0 Å². The molecule has 0 saturated heterocycles. The zero-order valence-electron chi connectivity index (χ0n) is 19.7. The molecule has 0 saturated carbocycles. The van der Waals surface area contributed by atoms with E-state index in [2.05, 4.69) is 27.7 Å². The number of carboxylic acids is 1. The highest BCUT2D eigenvalue weighted by molar-refractivity contribution is 7.99. The van der Waals surface area contributed by atoms with E-state index in [0.29, 0.717) is 0 Å². The van der Waals surface area contributed by atoms with Crippen LogP contribution in [-0.4, -0.2) is 27.7 Å². The third-order valence-electron chi connectivity index (χ3n) is 5.33. The Hall–Kier alpha value is -1.16. The second-order valence-corrected chi connectivity index (χ2v) is 11.3. The van der Waals surface area contributed by atoms with Crippen LogP contribution >= 0.6 is 11.8 Å². The van der Waals surface area contributed by atoms with Crippen LogP contribution in [0.3, 0.4) is 0 Å². The molecule has 29 heavy (non-hydrogen) atoms. The molecule has 1 rings (SSSR count). The molecule has 0 amide bonds. The minimum Gasteiger partial charge on any atom is -0.507 e. The zero-order chi connectivity index (χ0) is 22.2. The average Bonchev–Trinajstić information content (AvgIpc) is 2.57. The number of carboxylic acid groups (broad SMARTS) is 1. The van der Waals surface area contributed by atoms with Crippen LogP contribution in [0.5, 0.6) is 5.75 Å². The Balaban J connectivity index is 3.00. The van der Waals surface area contributed by atoms with Crippen molar-refractivity contribution in [2.75, 3.05) is 11.5 Å². The fourth-order valence-corrected chi connectivity index (χ4v) is 4.83. The highest BCUT2D eigenvalue weighted by Gasteiger charge is 2.31. The molecule has 0 aliphatic heterocycles. The van der Waals surface area contributed by atoms with Crippen molar-refractivity contribution in [1.82, 2.24) is 0 Å². The second-order valence-electron chi connectivity index (χ2n) is 10.1. The van der Waals surface area contributed by atoms with Crippen LogP contribution in [0.15, 0.2) is 6.07 Å². The molecule has 1 aromatic carbocycles. The Morgan fingerprint density at radius 3 is 2.03 bits per heavy atom. The Bertz CT molecular complexity index is 666. The van der Waals surface area contributed by atoms with Crippen LogP contribution in [0.4, 0.5) is 0 Å².